The van der Waals surface area contributed by atoms with Crippen molar-refractivity contribution in [3.05, 3.63) is 47.5 Å². The maximum atomic E-state index is 12.2. The van der Waals surface area contributed by atoms with Crippen LogP contribution in [0.1, 0.15) is 21.6 Å². The molecule has 21 heavy (non-hydrogen) atoms. The molecular weight excluding hydrogens is 266 g/mol. The van der Waals surface area contributed by atoms with Crippen molar-refractivity contribution < 1.29 is 4.79 Å². The molecule has 0 aliphatic carbocycles. The SMILES string of the molecule is Cn1ccc(CCNC(=O)c2ccncc2C#CCN)n1. The van der Waals surface area contributed by atoms with Gasteiger partial charge in [0, 0.05) is 38.6 Å². The van der Waals surface area contributed by atoms with Crippen molar-refractivity contribution in [1.29, 1.82) is 0 Å². The molecule has 2 rings (SSSR count). The number of amides is 1. The van der Waals surface area contributed by atoms with Crippen LogP contribution in [-0.2, 0) is 13.5 Å². The lowest BCUT2D eigenvalue weighted by atomic mass is 10.1. The van der Waals surface area contributed by atoms with Crippen LogP contribution in [0.2, 0.25) is 0 Å². The summed E-state index contributed by atoms with van der Waals surface area (Å²) in [5.41, 5.74) is 7.37. The molecule has 1 amide bonds. The Balaban J connectivity index is 1.97. The van der Waals surface area contributed by atoms with Gasteiger partial charge in [0.1, 0.15) is 0 Å². The zero-order valence-corrected chi connectivity index (χ0v) is 11.8. The summed E-state index contributed by atoms with van der Waals surface area (Å²) in [5, 5.41) is 7.12. The van der Waals surface area contributed by atoms with Crippen LogP contribution in [0.25, 0.3) is 0 Å². The van der Waals surface area contributed by atoms with Crippen molar-refractivity contribution in [2.24, 2.45) is 12.8 Å². The van der Waals surface area contributed by atoms with Crippen molar-refractivity contribution in [3.63, 3.8) is 0 Å². The van der Waals surface area contributed by atoms with E-state index in [4.69, 9.17) is 5.73 Å². The fourth-order valence-electron chi connectivity index (χ4n) is 1.83. The third-order valence-corrected chi connectivity index (χ3v) is 2.83. The predicted molar refractivity (Wildman–Crippen MR) is 79.4 cm³/mol. The van der Waals surface area contributed by atoms with E-state index in [1.807, 2.05) is 19.3 Å². The second-order valence-corrected chi connectivity index (χ2v) is 4.41. The number of carbonyl (C=O) groups excluding carboxylic acids is 1. The van der Waals surface area contributed by atoms with Crippen LogP contribution in [0.5, 0.6) is 0 Å². The first kappa shape index (κ1) is 14.8. The lowest BCUT2D eigenvalue weighted by molar-refractivity contribution is 0.0953. The van der Waals surface area contributed by atoms with E-state index in [1.165, 1.54) is 0 Å². The van der Waals surface area contributed by atoms with Crippen molar-refractivity contribution in [2.75, 3.05) is 13.1 Å². The summed E-state index contributed by atoms with van der Waals surface area (Å²) in [6, 6.07) is 3.58. The molecule has 0 radical (unpaired) electrons. The molecule has 0 bridgehead atoms. The first-order valence-electron chi connectivity index (χ1n) is 6.60. The highest BCUT2D eigenvalue weighted by molar-refractivity contribution is 5.96. The number of nitrogens with zero attached hydrogens (tertiary/aromatic N) is 3. The topological polar surface area (TPSA) is 85.8 Å². The van der Waals surface area contributed by atoms with E-state index in [-0.39, 0.29) is 12.5 Å². The van der Waals surface area contributed by atoms with E-state index in [2.05, 4.69) is 27.2 Å². The average Bonchev–Trinajstić information content (AvgIpc) is 2.91. The summed E-state index contributed by atoms with van der Waals surface area (Å²) in [6.45, 7) is 0.761. The van der Waals surface area contributed by atoms with Crippen molar-refractivity contribution >= 4 is 5.91 Å². The second-order valence-electron chi connectivity index (χ2n) is 4.41. The predicted octanol–water partition coefficient (Wildman–Crippen LogP) is 0.0978. The molecule has 2 heterocycles. The maximum Gasteiger partial charge on any atom is 0.252 e. The molecule has 0 saturated heterocycles. The van der Waals surface area contributed by atoms with Crippen LogP contribution in [-0.4, -0.2) is 33.8 Å². The molecule has 3 N–H and O–H groups in total. The molecule has 2 aromatic heterocycles. The Kier molecular flexibility index (Phi) is 5.07. The van der Waals surface area contributed by atoms with Gasteiger partial charge >= 0.3 is 0 Å². The molecule has 0 spiro atoms. The Morgan fingerprint density at radius 3 is 3.05 bits per heavy atom. The minimum atomic E-state index is -0.172. The minimum absolute atomic E-state index is 0.172. The summed E-state index contributed by atoms with van der Waals surface area (Å²) in [6.07, 6.45) is 5.69. The van der Waals surface area contributed by atoms with Gasteiger partial charge in [-0.1, -0.05) is 11.8 Å². The molecule has 108 valence electrons. The zero-order valence-electron chi connectivity index (χ0n) is 11.8. The highest BCUT2D eigenvalue weighted by atomic mass is 16.1. The van der Waals surface area contributed by atoms with Crippen molar-refractivity contribution in [3.8, 4) is 11.8 Å². The van der Waals surface area contributed by atoms with Crippen LogP contribution in [0.3, 0.4) is 0 Å². The van der Waals surface area contributed by atoms with Gasteiger partial charge in [0.05, 0.1) is 23.4 Å². The van der Waals surface area contributed by atoms with Gasteiger partial charge in [-0.15, -0.1) is 0 Å². The summed E-state index contributed by atoms with van der Waals surface area (Å²) in [4.78, 5) is 16.1. The Bertz CT molecular complexity index is 681. The molecule has 0 aromatic carbocycles. The Morgan fingerprint density at radius 1 is 1.48 bits per heavy atom. The number of rotatable bonds is 4. The van der Waals surface area contributed by atoms with E-state index >= 15 is 0 Å². The Hall–Kier alpha value is -2.65. The highest BCUT2D eigenvalue weighted by Gasteiger charge is 2.09. The molecule has 0 atom stereocenters. The van der Waals surface area contributed by atoms with E-state index in [1.54, 1.807) is 23.1 Å². The largest absolute Gasteiger partial charge is 0.352 e. The van der Waals surface area contributed by atoms with Gasteiger partial charge in [-0.3, -0.25) is 14.5 Å². The van der Waals surface area contributed by atoms with Crippen LogP contribution >= 0.6 is 0 Å². The van der Waals surface area contributed by atoms with E-state index in [0.29, 0.717) is 24.1 Å². The zero-order chi connectivity index (χ0) is 15.1. The number of nitrogens with one attached hydrogen (secondary N) is 1. The number of nitrogens with two attached hydrogens (primary N) is 1. The van der Waals surface area contributed by atoms with Crippen LogP contribution < -0.4 is 11.1 Å². The number of hydrogen-bond acceptors (Lipinski definition) is 4. The number of carbonyl (C=O) groups is 1. The third kappa shape index (κ3) is 4.16. The van der Waals surface area contributed by atoms with Gasteiger partial charge in [0.15, 0.2) is 0 Å². The molecule has 0 aliphatic rings. The van der Waals surface area contributed by atoms with Crippen LogP contribution in [0.15, 0.2) is 30.7 Å². The molecule has 6 heteroatoms. The Labute approximate surface area is 123 Å². The fraction of sp³-hybridized carbons (Fsp3) is 0.267. The molecule has 0 fully saturated rings. The van der Waals surface area contributed by atoms with Gasteiger partial charge < -0.3 is 11.1 Å². The fourth-order valence-corrected chi connectivity index (χ4v) is 1.83. The monoisotopic (exact) mass is 283 g/mol. The Morgan fingerprint density at radius 2 is 2.33 bits per heavy atom. The quantitative estimate of drug-likeness (QED) is 0.779. The van der Waals surface area contributed by atoms with Crippen LogP contribution in [0, 0.1) is 11.8 Å². The molecule has 6 nitrogen and oxygen atoms in total. The van der Waals surface area contributed by atoms with Gasteiger partial charge in [-0.2, -0.15) is 5.10 Å². The van der Waals surface area contributed by atoms with E-state index in [0.717, 1.165) is 5.69 Å². The van der Waals surface area contributed by atoms with Crippen molar-refractivity contribution in [1.82, 2.24) is 20.1 Å². The van der Waals surface area contributed by atoms with E-state index < -0.39 is 0 Å². The first-order chi connectivity index (χ1) is 10.2. The average molecular weight is 283 g/mol. The van der Waals surface area contributed by atoms with Gasteiger partial charge in [0.2, 0.25) is 0 Å². The number of pyridine rings is 1. The molecular formula is C15H17N5O. The molecule has 0 saturated carbocycles. The van der Waals surface area contributed by atoms with Gasteiger partial charge in [-0.05, 0) is 12.1 Å². The van der Waals surface area contributed by atoms with Gasteiger partial charge in [0.25, 0.3) is 5.91 Å². The summed E-state index contributed by atoms with van der Waals surface area (Å²) in [5.74, 6) is 5.41. The molecule has 0 aliphatic heterocycles. The first-order valence-corrected chi connectivity index (χ1v) is 6.60. The number of aromatic nitrogens is 3. The highest BCUT2D eigenvalue weighted by Crippen LogP contribution is 2.05. The second kappa shape index (κ2) is 7.22. The normalized spacial score (nSPS) is 9.81. The smallest absolute Gasteiger partial charge is 0.252 e. The third-order valence-electron chi connectivity index (χ3n) is 2.83. The summed E-state index contributed by atoms with van der Waals surface area (Å²) < 4.78 is 1.74. The summed E-state index contributed by atoms with van der Waals surface area (Å²) in [7, 11) is 1.86. The summed E-state index contributed by atoms with van der Waals surface area (Å²) >= 11 is 0. The number of aryl methyl sites for hydroxylation is 1. The van der Waals surface area contributed by atoms with Crippen LogP contribution in [0.4, 0.5) is 0 Å². The lowest BCUT2D eigenvalue weighted by Gasteiger charge is -2.05. The standard InChI is InChI=1S/C15H17N5O/c1-20-10-6-13(19-20)4-9-18-15(21)14-5-8-17-11-12(14)3-2-7-16/h5-6,8,10-11H,4,7,9,16H2,1H3,(H,18,21). The molecule has 2 aromatic rings. The van der Waals surface area contributed by atoms with E-state index in [9.17, 15) is 4.79 Å². The maximum absolute atomic E-state index is 12.2. The lowest BCUT2D eigenvalue weighted by Crippen LogP contribution is -2.26. The molecule has 0 unspecified atom stereocenters. The van der Waals surface area contributed by atoms with Crippen molar-refractivity contribution in [2.45, 2.75) is 6.42 Å². The number of hydrogen-bond donors (Lipinski definition) is 2. The minimum Gasteiger partial charge on any atom is -0.352 e. The van der Waals surface area contributed by atoms with Gasteiger partial charge in [-0.25, -0.2) is 0 Å².